The van der Waals surface area contributed by atoms with E-state index in [1.807, 2.05) is 0 Å². The predicted octanol–water partition coefficient (Wildman–Crippen LogP) is 3.91. The topological polar surface area (TPSA) is 54.8 Å². The van der Waals surface area contributed by atoms with Crippen LogP contribution in [0.3, 0.4) is 0 Å². The van der Waals surface area contributed by atoms with Crippen LogP contribution < -0.4 is 15.2 Å². The van der Waals surface area contributed by atoms with E-state index in [4.69, 9.17) is 4.74 Å². The molecular weight excluding hydrogens is 454 g/mol. The molecule has 0 saturated carbocycles. The molecule has 0 radical (unpaired) electrons. The third kappa shape index (κ3) is 4.85. The summed E-state index contributed by atoms with van der Waals surface area (Å²) in [6.45, 7) is 3.65. The molecule has 1 amide bonds. The van der Waals surface area contributed by atoms with Gasteiger partial charge in [0.2, 0.25) is 0 Å². The van der Waals surface area contributed by atoms with Crippen LogP contribution in [0.2, 0.25) is 0 Å². The van der Waals surface area contributed by atoms with Gasteiger partial charge < -0.3 is 19.1 Å². The highest BCUT2D eigenvalue weighted by atomic mass is 19.4. The fourth-order valence-electron chi connectivity index (χ4n) is 4.11. The molecule has 0 spiro atoms. The maximum Gasteiger partial charge on any atom is 0.417 e. The maximum atomic E-state index is 13.4. The number of hydrogen-bond donors (Lipinski definition) is 0. The summed E-state index contributed by atoms with van der Waals surface area (Å²) in [6.07, 6.45) is -4.67. The lowest BCUT2D eigenvalue weighted by atomic mass is 10.1. The van der Waals surface area contributed by atoms with Crippen LogP contribution in [0.4, 0.5) is 23.2 Å². The number of nitrogens with zero attached hydrogens (tertiary/aromatic N) is 3. The first-order valence-electron chi connectivity index (χ1n) is 10.8. The van der Waals surface area contributed by atoms with Crippen molar-refractivity contribution >= 4 is 22.5 Å². The highest BCUT2D eigenvalue weighted by Gasteiger charge is 2.34. The van der Waals surface area contributed by atoms with Gasteiger partial charge in [0.25, 0.3) is 11.5 Å². The van der Waals surface area contributed by atoms with Gasteiger partial charge in [0.1, 0.15) is 11.6 Å². The number of fused-ring (bicyclic) bond motifs is 1. The smallest absolute Gasteiger partial charge is 0.417 e. The molecule has 1 saturated heterocycles. The summed E-state index contributed by atoms with van der Waals surface area (Å²) in [4.78, 5) is 28.5. The zero-order valence-corrected chi connectivity index (χ0v) is 18.4. The van der Waals surface area contributed by atoms with E-state index in [1.165, 1.54) is 34.9 Å². The molecule has 10 heteroatoms. The fraction of sp³-hybridized carbons (Fsp3) is 0.333. The Morgan fingerprint density at radius 3 is 2.29 bits per heavy atom. The lowest BCUT2D eigenvalue weighted by molar-refractivity contribution is -0.136. The molecule has 0 atom stereocenters. The van der Waals surface area contributed by atoms with Crippen molar-refractivity contribution in [2.75, 3.05) is 37.7 Å². The molecule has 0 aliphatic carbocycles. The van der Waals surface area contributed by atoms with Gasteiger partial charge in [0, 0.05) is 55.9 Å². The largest absolute Gasteiger partial charge is 0.484 e. The first kappa shape index (κ1) is 23.6. The minimum Gasteiger partial charge on any atom is -0.484 e. The predicted molar refractivity (Wildman–Crippen MR) is 120 cm³/mol. The first-order chi connectivity index (χ1) is 16.2. The van der Waals surface area contributed by atoms with E-state index in [0.29, 0.717) is 32.2 Å². The number of halogens is 4. The summed E-state index contributed by atoms with van der Waals surface area (Å²) in [7, 11) is 0. The molecule has 2 heterocycles. The zero-order chi connectivity index (χ0) is 24.5. The van der Waals surface area contributed by atoms with Gasteiger partial charge in [-0.15, -0.1) is 0 Å². The average Bonchev–Trinajstić information content (AvgIpc) is 2.82. The lowest BCUT2D eigenvalue weighted by Gasteiger charge is -2.36. The van der Waals surface area contributed by atoms with E-state index >= 15 is 0 Å². The van der Waals surface area contributed by atoms with Gasteiger partial charge in [0.05, 0.1) is 11.1 Å². The van der Waals surface area contributed by atoms with Crippen LogP contribution in [0.1, 0.15) is 12.5 Å². The van der Waals surface area contributed by atoms with Gasteiger partial charge >= 0.3 is 6.18 Å². The second-order valence-electron chi connectivity index (χ2n) is 7.95. The number of amides is 1. The Bertz CT molecular complexity index is 1250. The number of anilines is 1. The second-order valence-corrected chi connectivity index (χ2v) is 7.95. The summed E-state index contributed by atoms with van der Waals surface area (Å²) in [5.74, 6) is -0.364. The van der Waals surface area contributed by atoms with Crippen LogP contribution in [-0.4, -0.2) is 48.2 Å². The Kier molecular flexibility index (Phi) is 6.49. The number of alkyl halides is 3. The van der Waals surface area contributed by atoms with Crippen LogP contribution in [-0.2, 0) is 17.5 Å². The monoisotopic (exact) mass is 477 g/mol. The van der Waals surface area contributed by atoms with Crippen LogP contribution in [0.5, 0.6) is 5.75 Å². The minimum atomic E-state index is -4.67. The molecule has 1 fully saturated rings. The Morgan fingerprint density at radius 2 is 1.68 bits per heavy atom. The number of aromatic nitrogens is 1. The van der Waals surface area contributed by atoms with E-state index in [0.717, 1.165) is 5.69 Å². The summed E-state index contributed by atoms with van der Waals surface area (Å²) in [6, 6.07) is 10.7. The number of piperazine rings is 1. The number of benzene rings is 2. The summed E-state index contributed by atoms with van der Waals surface area (Å²) in [5.41, 5.74) is -0.783. The number of aryl methyl sites for hydroxylation is 1. The number of ether oxygens (including phenoxy) is 1. The quantitative estimate of drug-likeness (QED) is 0.523. The van der Waals surface area contributed by atoms with Crippen molar-refractivity contribution in [3.63, 3.8) is 0 Å². The number of pyridine rings is 1. The molecule has 1 aliphatic rings. The van der Waals surface area contributed by atoms with Gasteiger partial charge in [0.15, 0.2) is 6.61 Å². The Labute approximate surface area is 192 Å². The van der Waals surface area contributed by atoms with E-state index in [9.17, 15) is 27.2 Å². The molecule has 6 nitrogen and oxygen atoms in total. The number of carbonyl (C=O) groups excluding carboxylic acids is 1. The zero-order valence-electron chi connectivity index (χ0n) is 18.4. The number of carbonyl (C=O) groups is 1. The van der Waals surface area contributed by atoms with Crippen molar-refractivity contribution in [2.45, 2.75) is 19.6 Å². The highest BCUT2D eigenvalue weighted by Crippen LogP contribution is 2.35. The third-order valence-corrected chi connectivity index (χ3v) is 5.89. The molecule has 0 bridgehead atoms. The first-order valence-corrected chi connectivity index (χ1v) is 10.8. The van der Waals surface area contributed by atoms with E-state index < -0.39 is 17.3 Å². The van der Waals surface area contributed by atoms with Gasteiger partial charge in [-0.05, 0) is 43.3 Å². The van der Waals surface area contributed by atoms with Crippen molar-refractivity contribution in [3.8, 4) is 5.75 Å². The molecule has 34 heavy (non-hydrogen) atoms. The number of hydrogen-bond acceptors (Lipinski definition) is 4. The molecule has 0 unspecified atom stereocenters. The van der Waals surface area contributed by atoms with Gasteiger partial charge in [-0.25, -0.2) is 4.39 Å². The molecule has 0 N–H and O–H groups in total. The van der Waals surface area contributed by atoms with Gasteiger partial charge in [-0.1, -0.05) is 0 Å². The van der Waals surface area contributed by atoms with Crippen molar-refractivity contribution in [2.24, 2.45) is 0 Å². The Hall–Kier alpha value is -3.56. The maximum absolute atomic E-state index is 13.4. The van der Waals surface area contributed by atoms with Crippen LogP contribution in [0, 0.1) is 5.82 Å². The lowest BCUT2D eigenvalue weighted by Crippen LogP contribution is -2.50. The molecule has 2 aromatic carbocycles. The van der Waals surface area contributed by atoms with Crippen LogP contribution in [0.15, 0.2) is 53.3 Å². The Balaban J connectivity index is 1.44. The Morgan fingerprint density at radius 1 is 1.00 bits per heavy atom. The van der Waals surface area contributed by atoms with Gasteiger partial charge in [-0.2, -0.15) is 13.2 Å². The fourth-order valence-corrected chi connectivity index (χ4v) is 4.11. The molecule has 1 aromatic heterocycles. The molecule has 180 valence electrons. The molecule has 4 rings (SSSR count). The van der Waals surface area contributed by atoms with E-state index in [1.54, 1.807) is 24.0 Å². The van der Waals surface area contributed by atoms with Gasteiger partial charge in [-0.3, -0.25) is 9.59 Å². The van der Waals surface area contributed by atoms with Crippen LogP contribution >= 0.6 is 0 Å². The van der Waals surface area contributed by atoms with Crippen molar-refractivity contribution in [3.05, 3.63) is 70.3 Å². The normalized spacial score (nSPS) is 14.5. The van der Waals surface area contributed by atoms with E-state index in [2.05, 4.69) is 4.90 Å². The summed E-state index contributed by atoms with van der Waals surface area (Å²) < 4.78 is 60.1. The molecule has 1 aliphatic heterocycles. The minimum absolute atomic E-state index is 0.0974. The van der Waals surface area contributed by atoms with Crippen molar-refractivity contribution in [1.82, 2.24) is 9.47 Å². The summed E-state index contributed by atoms with van der Waals surface area (Å²) in [5, 5.41) is -0.107. The van der Waals surface area contributed by atoms with Crippen molar-refractivity contribution < 1.29 is 27.1 Å². The SMILES string of the molecule is CCn1c(=O)cc(C(F)(F)F)c2ccc(OCC(=O)N3CCN(c4ccc(F)cc4)CC3)cc21. The van der Waals surface area contributed by atoms with E-state index in [-0.39, 0.29) is 41.5 Å². The molecular formula is C24H23F4N3O3. The summed E-state index contributed by atoms with van der Waals surface area (Å²) >= 11 is 0. The third-order valence-electron chi connectivity index (χ3n) is 5.89. The molecule has 3 aromatic rings. The van der Waals surface area contributed by atoms with Crippen LogP contribution in [0.25, 0.3) is 10.9 Å². The standard InChI is InChI=1S/C24H23F4N3O3/c1-2-31-21-13-18(7-8-19(21)20(14-22(31)32)24(26,27)28)34-15-23(33)30-11-9-29(10-12-30)17-5-3-16(25)4-6-17/h3-8,13-14H,2,9-12,15H2,1H3. The van der Waals surface area contributed by atoms with Crippen molar-refractivity contribution in [1.29, 1.82) is 0 Å². The highest BCUT2D eigenvalue weighted by molar-refractivity contribution is 5.85. The average molecular weight is 477 g/mol. The second kappa shape index (κ2) is 9.36. The number of rotatable bonds is 5.